The summed E-state index contributed by atoms with van der Waals surface area (Å²) >= 11 is 0. The van der Waals surface area contributed by atoms with Crippen LogP contribution in [0, 0.1) is 5.92 Å². The summed E-state index contributed by atoms with van der Waals surface area (Å²) in [4.78, 5) is 28.9. The van der Waals surface area contributed by atoms with Gasteiger partial charge in [0.05, 0.1) is 12.3 Å². The van der Waals surface area contributed by atoms with Gasteiger partial charge in [0, 0.05) is 65.2 Å². The molecule has 2 saturated heterocycles. The fraction of sp³-hybridized carbons (Fsp3) is 0.773. The Morgan fingerprint density at radius 1 is 1.14 bits per heavy atom. The molecule has 0 spiro atoms. The minimum absolute atomic E-state index is 0.148. The van der Waals surface area contributed by atoms with E-state index < -0.39 is 0 Å². The third-order valence-corrected chi connectivity index (χ3v) is 6.57. The molecule has 0 bridgehead atoms. The Kier molecular flexibility index (Phi) is 6.35. The Labute approximate surface area is 174 Å². The van der Waals surface area contributed by atoms with Crippen molar-refractivity contribution in [2.24, 2.45) is 5.92 Å². The second-order valence-electron chi connectivity index (χ2n) is 9.16. The van der Waals surface area contributed by atoms with Crippen LogP contribution in [-0.4, -0.2) is 86.2 Å². The van der Waals surface area contributed by atoms with Crippen LogP contribution < -0.4 is 4.90 Å². The molecule has 7 heteroatoms. The molecule has 4 rings (SSSR count). The molecule has 2 aliphatic heterocycles. The standard InChI is InChI=1S/C22H35N5O2/c1-25(2)20-13-19(18-12-21(28)27(15-18)10-11-29-3)23-22(24-20)17-6-8-26(9-7-17)14-16-4-5-16/h13,16-18H,4-12,14-15H2,1-3H3/t18-/m1/s1. The SMILES string of the molecule is COCCN1C[C@H](c2cc(N(C)C)nc(C3CCN(CC4CC4)CC3)n2)CC1=O. The molecule has 1 aliphatic carbocycles. The van der Waals surface area contributed by atoms with Crippen molar-refractivity contribution >= 4 is 11.7 Å². The molecule has 1 aromatic heterocycles. The van der Waals surface area contributed by atoms with Crippen molar-refractivity contribution in [2.45, 2.75) is 43.9 Å². The normalized spacial score (nSPS) is 23.8. The summed E-state index contributed by atoms with van der Waals surface area (Å²) in [6, 6.07) is 2.07. The van der Waals surface area contributed by atoms with Crippen molar-refractivity contribution < 1.29 is 9.53 Å². The van der Waals surface area contributed by atoms with Gasteiger partial charge < -0.3 is 19.4 Å². The third-order valence-electron chi connectivity index (χ3n) is 6.57. The molecule has 0 N–H and O–H groups in total. The van der Waals surface area contributed by atoms with E-state index in [0.29, 0.717) is 25.5 Å². The van der Waals surface area contributed by atoms with Gasteiger partial charge in [-0.2, -0.15) is 0 Å². The first-order valence-corrected chi connectivity index (χ1v) is 11.1. The monoisotopic (exact) mass is 401 g/mol. The van der Waals surface area contributed by atoms with E-state index in [0.717, 1.165) is 55.7 Å². The Morgan fingerprint density at radius 3 is 2.55 bits per heavy atom. The molecule has 1 amide bonds. The molecular weight excluding hydrogens is 366 g/mol. The molecule has 0 radical (unpaired) electrons. The van der Waals surface area contributed by atoms with Gasteiger partial charge >= 0.3 is 0 Å². The summed E-state index contributed by atoms with van der Waals surface area (Å²) in [5.41, 5.74) is 1.02. The summed E-state index contributed by atoms with van der Waals surface area (Å²) in [5.74, 6) is 3.65. The predicted molar refractivity (Wildman–Crippen MR) is 113 cm³/mol. The maximum atomic E-state index is 12.4. The number of aromatic nitrogens is 2. The van der Waals surface area contributed by atoms with Crippen molar-refractivity contribution in [1.82, 2.24) is 19.8 Å². The molecule has 1 saturated carbocycles. The quantitative estimate of drug-likeness (QED) is 0.665. The fourth-order valence-corrected chi connectivity index (χ4v) is 4.52. The van der Waals surface area contributed by atoms with Gasteiger partial charge in [0.2, 0.25) is 5.91 Å². The van der Waals surface area contributed by atoms with Crippen LogP contribution in [0.2, 0.25) is 0 Å². The molecule has 160 valence electrons. The van der Waals surface area contributed by atoms with E-state index in [-0.39, 0.29) is 11.8 Å². The van der Waals surface area contributed by atoms with E-state index in [1.807, 2.05) is 19.0 Å². The van der Waals surface area contributed by atoms with Crippen LogP contribution in [-0.2, 0) is 9.53 Å². The predicted octanol–water partition coefficient (Wildman–Crippen LogP) is 2.09. The minimum atomic E-state index is 0.148. The lowest BCUT2D eigenvalue weighted by Gasteiger charge is -2.31. The minimum Gasteiger partial charge on any atom is -0.383 e. The summed E-state index contributed by atoms with van der Waals surface area (Å²) in [6.45, 7) is 5.54. The van der Waals surface area contributed by atoms with E-state index in [4.69, 9.17) is 14.7 Å². The topological polar surface area (TPSA) is 61.8 Å². The summed E-state index contributed by atoms with van der Waals surface area (Å²) < 4.78 is 5.15. The number of nitrogens with zero attached hydrogens (tertiary/aromatic N) is 5. The first-order chi connectivity index (χ1) is 14.0. The smallest absolute Gasteiger partial charge is 0.223 e. The van der Waals surface area contributed by atoms with Crippen LogP contribution in [0.15, 0.2) is 6.07 Å². The molecule has 1 atom stereocenters. The van der Waals surface area contributed by atoms with Gasteiger partial charge in [-0.3, -0.25) is 4.79 Å². The Hall–Kier alpha value is -1.73. The number of anilines is 1. The van der Waals surface area contributed by atoms with E-state index >= 15 is 0 Å². The van der Waals surface area contributed by atoms with Crippen LogP contribution in [0.3, 0.4) is 0 Å². The van der Waals surface area contributed by atoms with Gasteiger partial charge in [-0.15, -0.1) is 0 Å². The highest BCUT2D eigenvalue weighted by Gasteiger charge is 2.33. The zero-order valence-electron chi connectivity index (χ0n) is 18.1. The average molecular weight is 402 g/mol. The van der Waals surface area contributed by atoms with Gasteiger partial charge in [-0.1, -0.05) is 0 Å². The van der Waals surface area contributed by atoms with Crippen molar-refractivity contribution in [3.63, 3.8) is 0 Å². The van der Waals surface area contributed by atoms with Crippen LogP contribution in [0.1, 0.15) is 55.5 Å². The van der Waals surface area contributed by atoms with Gasteiger partial charge in [0.25, 0.3) is 0 Å². The largest absolute Gasteiger partial charge is 0.383 e. The van der Waals surface area contributed by atoms with Crippen molar-refractivity contribution in [1.29, 1.82) is 0 Å². The van der Waals surface area contributed by atoms with Crippen molar-refractivity contribution in [3.8, 4) is 0 Å². The number of hydrogen-bond donors (Lipinski definition) is 0. The lowest BCUT2D eigenvalue weighted by Crippen LogP contribution is -2.35. The zero-order valence-corrected chi connectivity index (χ0v) is 18.1. The highest BCUT2D eigenvalue weighted by molar-refractivity contribution is 5.79. The van der Waals surface area contributed by atoms with E-state index in [1.165, 1.54) is 19.4 Å². The number of carbonyl (C=O) groups is 1. The van der Waals surface area contributed by atoms with Gasteiger partial charge in [-0.25, -0.2) is 9.97 Å². The van der Waals surface area contributed by atoms with E-state index in [2.05, 4.69) is 15.9 Å². The molecule has 0 unspecified atom stereocenters. The molecule has 3 fully saturated rings. The highest BCUT2D eigenvalue weighted by atomic mass is 16.5. The molecule has 7 nitrogen and oxygen atoms in total. The number of rotatable bonds is 8. The van der Waals surface area contributed by atoms with Gasteiger partial charge in [0.1, 0.15) is 11.6 Å². The zero-order chi connectivity index (χ0) is 20.4. The van der Waals surface area contributed by atoms with Crippen LogP contribution in [0.5, 0.6) is 0 Å². The summed E-state index contributed by atoms with van der Waals surface area (Å²) in [7, 11) is 5.73. The van der Waals surface area contributed by atoms with Crippen LogP contribution in [0.4, 0.5) is 5.82 Å². The van der Waals surface area contributed by atoms with Crippen LogP contribution in [0.25, 0.3) is 0 Å². The molecule has 3 aliphatic rings. The first kappa shape index (κ1) is 20.5. The number of likely N-dealkylation sites (tertiary alicyclic amines) is 2. The summed E-state index contributed by atoms with van der Waals surface area (Å²) in [5, 5.41) is 0. The van der Waals surface area contributed by atoms with Crippen LogP contribution >= 0.6 is 0 Å². The average Bonchev–Trinajstić information content (AvgIpc) is 3.46. The maximum Gasteiger partial charge on any atom is 0.223 e. The third kappa shape index (κ3) is 5.07. The van der Waals surface area contributed by atoms with Gasteiger partial charge in [-0.05, 0) is 44.7 Å². The number of carbonyl (C=O) groups excluding carboxylic acids is 1. The summed E-state index contributed by atoms with van der Waals surface area (Å²) in [6.07, 6.45) is 5.63. The molecule has 0 aromatic carbocycles. The van der Waals surface area contributed by atoms with Crippen molar-refractivity contribution in [3.05, 3.63) is 17.6 Å². The van der Waals surface area contributed by atoms with E-state index in [1.54, 1.807) is 7.11 Å². The fourth-order valence-electron chi connectivity index (χ4n) is 4.52. The molecule has 3 heterocycles. The molecular formula is C22H35N5O2. The second-order valence-corrected chi connectivity index (χ2v) is 9.16. The van der Waals surface area contributed by atoms with Gasteiger partial charge in [0.15, 0.2) is 0 Å². The van der Waals surface area contributed by atoms with E-state index in [9.17, 15) is 4.79 Å². The Balaban J connectivity index is 1.47. The Morgan fingerprint density at radius 2 is 1.90 bits per heavy atom. The molecule has 29 heavy (non-hydrogen) atoms. The number of piperidine rings is 1. The lowest BCUT2D eigenvalue weighted by molar-refractivity contribution is -0.128. The lowest BCUT2D eigenvalue weighted by atomic mass is 9.95. The first-order valence-electron chi connectivity index (χ1n) is 11.1. The number of amides is 1. The second kappa shape index (κ2) is 8.96. The number of hydrogen-bond acceptors (Lipinski definition) is 6. The Bertz CT molecular complexity index is 713. The number of ether oxygens (including phenoxy) is 1. The highest BCUT2D eigenvalue weighted by Crippen LogP contribution is 2.34. The number of methoxy groups -OCH3 is 1. The maximum absolute atomic E-state index is 12.4. The van der Waals surface area contributed by atoms with Crippen molar-refractivity contribution in [2.75, 3.05) is 65.4 Å². The molecule has 1 aromatic rings.